The highest BCUT2D eigenvalue weighted by Crippen LogP contribution is 2.19. The molecule has 1 heterocycles. The highest BCUT2D eigenvalue weighted by Gasteiger charge is 2.32. The summed E-state index contributed by atoms with van der Waals surface area (Å²) in [5.41, 5.74) is 0. The van der Waals surface area contributed by atoms with Gasteiger partial charge in [0.25, 0.3) is 0 Å². The molecule has 1 N–H and O–H groups in total. The number of carbonyl (C=O) groups is 1. The molecule has 0 radical (unpaired) electrons. The maximum absolute atomic E-state index is 12.3. The molecule has 1 unspecified atom stereocenters. The highest BCUT2D eigenvalue weighted by atomic mass is 19.4. The van der Waals surface area contributed by atoms with Crippen molar-refractivity contribution in [1.82, 2.24) is 10.2 Å². The fraction of sp³-hybridized carbons (Fsp3) is 0.917. The first-order valence-electron chi connectivity index (χ1n) is 6.47. The zero-order chi connectivity index (χ0) is 13.6. The van der Waals surface area contributed by atoms with Gasteiger partial charge in [-0.15, -0.1) is 0 Å². The molecule has 0 aliphatic carbocycles. The molecule has 1 atom stereocenters. The molecule has 1 fully saturated rings. The molecule has 6 heteroatoms. The van der Waals surface area contributed by atoms with Crippen molar-refractivity contribution in [3.8, 4) is 0 Å². The third-order valence-corrected chi connectivity index (χ3v) is 3.15. The van der Waals surface area contributed by atoms with E-state index in [1.165, 1.54) is 0 Å². The molecule has 0 aromatic rings. The van der Waals surface area contributed by atoms with Crippen molar-refractivity contribution in [2.75, 3.05) is 26.2 Å². The van der Waals surface area contributed by atoms with E-state index in [0.717, 1.165) is 24.4 Å². The van der Waals surface area contributed by atoms with Gasteiger partial charge in [-0.05, 0) is 38.3 Å². The normalized spacial score (nSPS) is 20.1. The van der Waals surface area contributed by atoms with Gasteiger partial charge in [0.15, 0.2) is 0 Å². The maximum Gasteiger partial charge on any atom is 0.406 e. The lowest BCUT2D eigenvalue weighted by molar-refractivity contribution is -0.161. The first-order chi connectivity index (χ1) is 8.42. The zero-order valence-corrected chi connectivity index (χ0v) is 10.7. The summed E-state index contributed by atoms with van der Waals surface area (Å²) in [6.45, 7) is 2.65. The van der Waals surface area contributed by atoms with E-state index in [1.54, 1.807) is 6.92 Å². The van der Waals surface area contributed by atoms with Gasteiger partial charge in [0, 0.05) is 13.0 Å². The first kappa shape index (κ1) is 15.3. The van der Waals surface area contributed by atoms with E-state index in [4.69, 9.17) is 0 Å². The summed E-state index contributed by atoms with van der Waals surface area (Å²) >= 11 is 0. The van der Waals surface area contributed by atoms with E-state index in [-0.39, 0.29) is 18.9 Å². The molecule has 0 aromatic carbocycles. The Bertz CT molecular complexity index is 263. The Kier molecular flexibility index (Phi) is 5.91. The van der Waals surface area contributed by atoms with Crippen LogP contribution < -0.4 is 5.32 Å². The number of hydrogen-bond donors (Lipinski definition) is 1. The van der Waals surface area contributed by atoms with Crippen LogP contribution in [0.1, 0.15) is 32.6 Å². The quantitative estimate of drug-likeness (QED) is 0.799. The maximum atomic E-state index is 12.3. The minimum atomic E-state index is -4.31. The number of amides is 1. The van der Waals surface area contributed by atoms with Crippen molar-refractivity contribution in [3.05, 3.63) is 0 Å². The lowest BCUT2D eigenvalue weighted by Crippen LogP contribution is -2.39. The molecule has 0 bridgehead atoms. The fourth-order valence-corrected chi connectivity index (χ4v) is 2.22. The fourth-order valence-electron chi connectivity index (χ4n) is 2.22. The van der Waals surface area contributed by atoms with Crippen LogP contribution in [0.15, 0.2) is 0 Å². The molecular weight excluding hydrogens is 245 g/mol. The second-order valence-electron chi connectivity index (χ2n) is 4.83. The van der Waals surface area contributed by atoms with Crippen LogP contribution in [-0.2, 0) is 4.79 Å². The molecule has 106 valence electrons. The van der Waals surface area contributed by atoms with Crippen molar-refractivity contribution in [1.29, 1.82) is 0 Å². The lowest BCUT2D eigenvalue weighted by Gasteiger charge is -2.24. The van der Waals surface area contributed by atoms with Crippen molar-refractivity contribution >= 4 is 5.91 Å². The predicted octanol–water partition coefficient (Wildman–Crippen LogP) is 2.18. The average molecular weight is 266 g/mol. The molecule has 1 aliphatic rings. The van der Waals surface area contributed by atoms with Gasteiger partial charge in [-0.2, -0.15) is 13.2 Å². The molecule has 0 aromatic heterocycles. The number of nitrogens with one attached hydrogen (secondary N) is 1. The summed E-state index contributed by atoms with van der Waals surface area (Å²) in [5, 5.41) is 3.18. The van der Waals surface area contributed by atoms with Gasteiger partial charge in [0.05, 0.1) is 0 Å². The van der Waals surface area contributed by atoms with Crippen molar-refractivity contribution in [2.24, 2.45) is 5.92 Å². The molecular formula is C12H21F3N2O. The molecule has 1 saturated heterocycles. The van der Waals surface area contributed by atoms with Gasteiger partial charge in [-0.1, -0.05) is 6.92 Å². The Morgan fingerprint density at radius 2 is 2.17 bits per heavy atom. The highest BCUT2D eigenvalue weighted by molar-refractivity contribution is 5.76. The molecule has 1 aliphatic heterocycles. The second-order valence-corrected chi connectivity index (χ2v) is 4.83. The Hall–Kier alpha value is -0.780. The second kappa shape index (κ2) is 6.97. The van der Waals surface area contributed by atoms with Gasteiger partial charge in [0.1, 0.15) is 6.54 Å². The Morgan fingerprint density at radius 3 is 2.67 bits per heavy atom. The topological polar surface area (TPSA) is 32.3 Å². The summed E-state index contributed by atoms with van der Waals surface area (Å²) in [6, 6.07) is 0. The predicted molar refractivity (Wildman–Crippen MR) is 63.1 cm³/mol. The Morgan fingerprint density at radius 1 is 1.44 bits per heavy atom. The third kappa shape index (κ3) is 5.71. The van der Waals surface area contributed by atoms with Gasteiger partial charge < -0.3 is 10.2 Å². The molecule has 18 heavy (non-hydrogen) atoms. The van der Waals surface area contributed by atoms with Crippen LogP contribution in [0.4, 0.5) is 13.2 Å². The molecule has 1 rings (SSSR count). The number of carbonyl (C=O) groups excluding carboxylic acids is 1. The van der Waals surface area contributed by atoms with E-state index in [0.29, 0.717) is 18.8 Å². The van der Waals surface area contributed by atoms with Crippen LogP contribution in [0.25, 0.3) is 0 Å². The first-order valence-corrected chi connectivity index (χ1v) is 6.47. The smallest absolute Gasteiger partial charge is 0.334 e. The SMILES string of the molecule is CCCN(CC(F)(F)F)C(=O)CCC1CCNC1. The summed E-state index contributed by atoms with van der Waals surface area (Å²) in [7, 11) is 0. The number of alkyl halides is 3. The zero-order valence-electron chi connectivity index (χ0n) is 10.7. The number of rotatable bonds is 6. The van der Waals surface area contributed by atoms with Crippen LogP contribution in [0.3, 0.4) is 0 Å². The lowest BCUT2D eigenvalue weighted by atomic mass is 10.0. The summed E-state index contributed by atoms with van der Waals surface area (Å²) in [4.78, 5) is 12.7. The number of hydrogen-bond acceptors (Lipinski definition) is 2. The van der Waals surface area contributed by atoms with Gasteiger partial charge in [0.2, 0.25) is 5.91 Å². The molecule has 1 amide bonds. The average Bonchev–Trinajstić information content (AvgIpc) is 2.76. The minimum absolute atomic E-state index is 0.182. The molecule has 3 nitrogen and oxygen atoms in total. The van der Waals surface area contributed by atoms with Crippen LogP contribution in [-0.4, -0.2) is 43.2 Å². The van der Waals surface area contributed by atoms with Gasteiger partial charge in [-0.25, -0.2) is 0 Å². The van der Waals surface area contributed by atoms with Crippen LogP contribution in [0.2, 0.25) is 0 Å². The van der Waals surface area contributed by atoms with E-state index in [2.05, 4.69) is 5.32 Å². The number of halogens is 3. The molecule has 0 saturated carbocycles. The van der Waals surface area contributed by atoms with E-state index in [9.17, 15) is 18.0 Å². The van der Waals surface area contributed by atoms with E-state index >= 15 is 0 Å². The summed E-state index contributed by atoms with van der Waals surface area (Å²) in [5.74, 6) is 0.0596. The number of nitrogens with zero attached hydrogens (tertiary/aromatic N) is 1. The van der Waals surface area contributed by atoms with Gasteiger partial charge in [-0.3, -0.25) is 4.79 Å². The van der Waals surface area contributed by atoms with E-state index in [1.807, 2.05) is 0 Å². The summed E-state index contributed by atoms with van der Waals surface area (Å²) < 4.78 is 37.0. The van der Waals surface area contributed by atoms with Gasteiger partial charge >= 0.3 is 6.18 Å². The van der Waals surface area contributed by atoms with Crippen LogP contribution >= 0.6 is 0 Å². The van der Waals surface area contributed by atoms with Crippen molar-refractivity contribution in [3.63, 3.8) is 0 Å². The third-order valence-electron chi connectivity index (χ3n) is 3.15. The monoisotopic (exact) mass is 266 g/mol. The molecule has 0 spiro atoms. The van der Waals surface area contributed by atoms with Crippen molar-refractivity contribution in [2.45, 2.75) is 38.8 Å². The largest absolute Gasteiger partial charge is 0.406 e. The van der Waals surface area contributed by atoms with E-state index < -0.39 is 12.7 Å². The Labute approximate surface area is 106 Å². The Balaban J connectivity index is 2.38. The standard InChI is InChI=1S/C12H21F3N2O/c1-2-7-17(9-12(13,14)15)11(18)4-3-10-5-6-16-8-10/h10,16H,2-9H2,1H3. The minimum Gasteiger partial charge on any atom is -0.334 e. The summed E-state index contributed by atoms with van der Waals surface area (Å²) in [6.07, 6.45) is -1.83. The van der Waals surface area contributed by atoms with Crippen LogP contribution in [0.5, 0.6) is 0 Å². The van der Waals surface area contributed by atoms with Crippen LogP contribution in [0, 0.1) is 5.92 Å². The van der Waals surface area contributed by atoms with Crippen molar-refractivity contribution < 1.29 is 18.0 Å².